The summed E-state index contributed by atoms with van der Waals surface area (Å²) in [6.45, 7) is 6.27. The molecule has 0 atom stereocenters. The number of nitrogens with zero attached hydrogens (tertiary/aromatic N) is 2. The second-order valence-corrected chi connectivity index (χ2v) is 7.46. The Kier molecular flexibility index (Phi) is 6.72. The lowest BCUT2D eigenvalue weighted by atomic mass is 10.1. The Morgan fingerprint density at radius 3 is 2.86 bits per heavy atom. The van der Waals surface area contributed by atoms with E-state index in [1.807, 2.05) is 45.0 Å². The summed E-state index contributed by atoms with van der Waals surface area (Å²) in [6, 6.07) is 13.1. The number of thioether (sulfide) groups is 1. The van der Waals surface area contributed by atoms with Gasteiger partial charge in [-0.1, -0.05) is 24.3 Å². The number of hydrogen-bond acceptors (Lipinski definition) is 6. The number of phenolic OH excluding ortho intramolecular Hbond substituents is 1. The Balaban J connectivity index is 1.64. The van der Waals surface area contributed by atoms with Crippen molar-refractivity contribution in [2.24, 2.45) is 5.10 Å². The lowest BCUT2D eigenvalue weighted by Crippen LogP contribution is -2.19. The summed E-state index contributed by atoms with van der Waals surface area (Å²) in [7, 11) is 0. The number of aromatic nitrogens is 1. The van der Waals surface area contributed by atoms with Crippen molar-refractivity contribution in [3.63, 3.8) is 0 Å². The average molecular weight is 410 g/mol. The van der Waals surface area contributed by atoms with E-state index in [1.54, 1.807) is 18.2 Å². The number of phenols is 1. The minimum absolute atomic E-state index is 0.00387. The van der Waals surface area contributed by atoms with E-state index in [0.717, 1.165) is 27.1 Å². The number of amides is 1. The highest BCUT2D eigenvalue weighted by Gasteiger charge is 2.09. The molecule has 0 saturated carbocycles. The highest BCUT2D eigenvalue weighted by atomic mass is 32.2. The molecule has 0 aliphatic rings. The predicted octanol–water partition coefficient (Wildman–Crippen LogP) is 4.20. The van der Waals surface area contributed by atoms with Crippen LogP contribution in [0.1, 0.15) is 23.7 Å². The van der Waals surface area contributed by atoms with Gasteiger partial charge in [0.25, 0.3) is 0 Å². The number of hydrogen-bond donors (Lipinski definition) is 2. The molecule has 2 N–H and O–H groups in total. The van der Waals surface area contributed by atoms with Crippen LogP contribution in [-0.4, -0.2) is 34.6 Å². The fraction of sp³-hybridized carbons (Fsp3) is 0.227. The largest absolute Gasteiger partial charge is 0.504 e. The van der Waals surface area contributed by atoms with Crippen LogP contribution in [0.3, 0.4) is 0 Å². The number of para-hydroxylation sites is 2. The van der Waals surface area contributed by atoms with Gasteiger partial charge in [-0.15, -0.1) is 11.8 Å². The van der Waals surface area contributed by atoms with E-state index < -0.39 is 0 Å². The minimum Gasteiger partial charge on any atom is -0.504 e. The maximum absolute atomic E-state index is 12.2. The van der Waals surface area contributed by atoms with Crippen molar-refractivity contribution < 1.29 is 14.6 Å². The second-order valence-electron chi connectivity index (χ2n) is 6.44. The molecule has 0 saturated heterocycles. The summed E-state index contributed by atoms with van der Waals surface area (Å²) in [4.78, 5) is 17.8. The standard InChI is InChI=1S/C22H23N3O3S/c1-4-28-18-10-6-8-16(22(18)27)12-23-25-20(26)13-29-19-11-15(3)24-21-14(2)7-5-9-17(19)21/h5-12,27H,4,13H2,1-3H3,(H,25,26)/b23-12+. The van der Waals surface area contributed by atoms with Crippen molar-refractivity contribution in [1.82, 2.24) is 10.4 Å². The van der Waals surface area contributed by atoms with Gasteiger partial charge >= 0.3 is 0 Å². The van der Waals surface area contributed by atoms with Gasteiger partial charge in [0.05, 0.1) is 24.1 Å². The Morgan fingerprint density at radius 2 is 2.07 bits per heavy atom. The van der Waals surface area contributed by atoms with Gasteiger partial charge in [-0.05, 0) is 44.5 Å². The number of carbonyl (C=O) groups is 1. The molecule has 0 spiro atoms. The zero-order chi connectivity index (χ0) is 20.8. The van der Waals surface area contributed by atoms with E-state index in [2.05, 4.69) is 15.5 Å². The molecule has 1 amide bonds. The lowest BCUT2D eigenvalue weighted by Gasteiger charge is -2.09. The number of fused-ring (bicyclic) bond motifs is 1. The van der Waals surface area contributed by atoms with Crippen molar-refractivity contribution in [3.05, 3.63) is 59.3 Å². The molecule has 2 aromatic carbocycles. The van der Waals surface area contributed by atoms with Crippen molar-refractivity contribution in [2.45, 2.75) is 25.7 Å². The van der Waals surface area contributed by atoms with Crippen molar-refractivity contribution in [3.8, 4) is 11.5 Å². The van der Waals surface area contributed by atoms with Crippen LogP contribution >= 0.6 is 11.8 Å². The first-order valence-corrected chi connectivity index (χ1v) is 10.2. The highest BCUT2D eigenvalue weighted by Crippen LogP contribution is 2.30. The van der Waals surface area contributed by atoms with Gasteiger partial charge in [-0.2, -0.15) is 5.10 Å². The van der Waals surface area contributed by atoms with Gasteiger partial charge in [0, 0.05) is 21.5 Å². The number of hydrazone groups is 1. The van der Waals surface area contributed by atoms with Crippen molar-refractivity contribution in [1.29, 1.82) is 0 Å². The van der Waals surface area contributed by atoms with E-state index in [-0.39, 0.29) is 17.4 Å². The Hall–Kier alpha value is -3.06. The molecule has 0 fully saturated rings. The molecule has 0 bridgehead atoms. The molecule has 7 heteroatoms. The van der Waals surface area contributed by atoms with Crippen LogP contribution in [-0.2, 0) is 4.79 Å². The summed E-state index contributed by atoms with van der Waals surface area (Å²) in [5, 5.41) is 15.1. The first kappa shape index (κ1) is 20.7. The average Bonchev–Trinajstić information content (AvgIpc) is 2.70. The number of rotatable bonds is 7. The normalized spacial score (nSPS) is 11.1. The smallest absolute Gasteiger partial charge is 0.250 e. The molecule has 0 aliphatic heterocycles. The van der Waals surface area contributed by atoms with Crippen LogP contribution in [0.2, 0.25) is 0 Å². The first-order chi connectivity index (χ1) is 14.0. The number of aryl methyl sites for hydroxylation is 2. The third-order valence-electron chi connectivity index (χ3n) is 4.21. The van der Waals surface area contributed by atoms with E-state index in [0.29, 0.717) is 17.9 Å². The van der Waals surface area contributed by atoms with Gasteiger partial charge in [0.15, 0.2) is 11.5 Å². The molecule has 0 aliphatic carbocycles. The predicted molar refractivity (Wildman–Crippen MR) is 117 cm³/mol. The van der Waals surface area contributed by atoms with Gasteiger partial charge in [-0.25, -0.2) is 5.43 Å². The summed E-state index contributed by atoms with van der Waals surface area (Å²) < 4.78 is 5.34. The first-order valence-electron chi connectivity index (χ1n) is 9.26. The Bertz CT molecular complexity index is 1070. The minimum atomic E-state index is -0.234. The van der Waals surface area contributed by atoms with Gasteiger partial charge in [-0.3, -0.25) is 9.78 Å². The molecule has 1 aromatic heterocycles. The van der Waals surface area contributed by atoms with E-state index in [4.69, 9.17) is 4.74 Å². The van der Waals surface area contributed by atoms with Crippen molar-refractivity contribution >= 4 is 34.8 Å². The zero-order valence-corrected chi connectivity index (χ0v) is 17.4. The Morgan fingerprint density at radius 1 is 1.28 bits per heavy atom. The van der Waals surface area contributed by atoms with Crippen LogP contribution in [0, 0.1) is 13.8 Å². The van der Waals surface area contributed by atoms with Crippen LogP contribution in [0.5, 0.6) is 11.5 Å². The number of benzene rings is 2. The highest BCUT2D eigenvalue weighted by molar-refractivity contribution is 8.00. The molecule has 3 aromatic rings. The number of carbonyl (C=O) groups excluding carboxylic acids is 1. The van der Waals surface area contributed by atoms with E-state index in [1.165, 1.54) is 18.0 Å². The molecule has 29 heavy (non-hydrogen) atoms. The topological polar surface area (TPSA) is 83.8 Å². The Labute approximate surface area is 174 Å². The number of ether oxygens (including phenoxy) is 1. The number of pyridine rings is 1. The monoisotopic (exact) mass is 409 g/mol. The lowest BCUT2D eigenvalue weighted by molar-refractivity contribution is -0.118. The zero-order valence-electron chi connectivity index (χ0n) is 16.6. The molecular formula is C22H23N3O3S. The molecule has 0 unspecified atom stereocenters. The third kappa shape index (κ3) is 5.06. The summed E-state index contributed by atoms with van der Waals surface area (Å²) in [6.07, 6.45) is 1.40. The second kappa shape index (κ2) is 9.43. The van der Waals surface area contributed by atoms with Gasteiger partial charge in [0.1, 0.15) is 0 Å². The molecule has 3 rings (SSSR count). The number of nitrogens with one attached hydrogen (secondary N) is 1. The molecule has 0 radical (unpaired) electrons. The van der Waals surface area contributed by atoms with E-state index >= 15 is 0 Å². The SMILES string of the molecule is CCOc1cccc(/C=N/NC(=O)CSc2cc(C)nc3c(C)cccc23)c1O. The maximum atomic E-state index is 12.2. The fourth-order valence-corrected chi connectivity index (χ4v) is 3.79. The van der Waals surface area contributed by atoms with Crippen LogP contribution in [0.25, 0.3) is 10.9 Å². The van der Waals surface area contributed by atoms with E-state index in [9.17, 15) is 9.90 Å². The summed E-state index contributed by atoms with van der Waals surface area (Å²) in [5.74, 6) is 0.362. The fourth-order valence-electron chi connectivity index (χ4n) is 2.87. The molecule has 1 heterocycles. The van der Waals surface area contributed by atoms with Gasteiger partial charge < -0.3 is 9.84 Å². The summed E-state index contributed by atoms with van der Waals surface area (Å²) in [5.41, 5.74) is 5.94. The van der Waals surface area contributed by atoms with Crippen LogP contribution < -0.4 is 10.2 Å². The molecular weight excluding hydrogens is 386 g/mol. The summed E-state index contributed by atoms with van der Waals surface area (Å²) >= 11 is 1.44. The van der Waals surface area contributed by atoms with Gasteiger partial charge in [0.2, 0.25) is 5.91 Å². The van der Waals surface area contributed by atoms with Crippen molar-refractivity contribution in [2.75, 3.05) is 12.4 Å². The molecule has 150 valence electrons. The molecule has 6 nitrogen and oxygen atoms in total. The van der Waals surface area contributed by atoms with Crippen LogP contribution in [0.15, 0.2) is 52.5 Å². The van der Waals surface area contributed by atoms with Crippen LogP contribution in [0.4, 0.5) is 0 Å². The number of aromatic hydroxyl groups is 1. The quantitative estimate of drug-likeness (QED) is 0.347. The maximum Gasteiger partial charge on any atom is 0.250 e. The third-order valence-corrected chi connectivity index (χ3v) is 5.27.